The highest BCUT2D eigenvalue weighted by Gasteiger charge is 2.12. The Kier molecular flexibility index (Phi) is 5.16. The van der Waals surface area contributed by atoms with Gasteiger partial charge in [-0.1, -0.05) is 13.0 Å². The molecule has 0 aliphatic rings. The van der Waals surface area contributed by atoms with E-state index in [1.54, 1.807) is 19.2 Å². The summed E-state index contributed by atoms with van der Waals surface area (Å²) < 4.78 is 28.2. The molecule has 0 fully saturated rings. The molecule has 1 aromatic rings. The van der Waals surface area contributed by atoms with Crippen molar-refractivity contribution in [3.05, 3.63) is 23.8 Å². The maximum Gasteiger partial charge on any atom is 0.175 e. The molecule has 4 nitrogen and oxygen atoms in total. The second-order valence-corrected chi connectivity index (χ2v) is 6.47. The van der Waals surface area contributed by atoms with E-state index < -0.39 is 9.84 Å². The minimum atomic E-state index is -3.17. The summed E-state index contributed by atoms with van der Waals surface area (Å²) in [5.41, 5.74) is 1.87. The van der Waals surface area contributed by atoms with Crippen molar-refractivity contribution in [3.63, 3.8) is 0 Å². The van der Waals surface area contributed by atoms with Crippen molar-refractivity contribution in [2.45, 2.75) is 31.2 Å². The quantitative estimate of drug-likeness (QED) is 0.862. The third-order valence-corrected chi connectivity index (χ3v) is 3.97. The Hall–Kier alpha value is -1.07. The second kappa shape index (κ2) is 6.20. The summed E-state index contributed by atoms with van der Waals surface area (Å²) in [5.74, 6) is 0. The minimum absolute atomic E-state index is 0.184. The van der Waals surface area contributed by atoms with Crippen LogP contribution in [-0.2, 0) is 14.6 Å². The van der Waals surface area contributed by atoms with Crippen molar-refractivity contribution in [2.24, 2.45) is 0 Å². The van der Waals surface area contributed by atoms with Crippen LogP contribution in [0.5, 0.6) is 0 Å². The van der Waals surface area contributed by atoms with Gasteiger partial charge in [-0.05, 0) is 31.0 Å². The smallest absolute Gasteiger partial charge is 0.175 e. The Morgan fingerprint density at radius 3 is 2.56 bits per heavy atom. The van der Waals surface area contributed by atoms with Gasteiger partial charge in [0.2, 0.25) is 0 Å². The zero-order chi connectivity index (χ0) is 13.8. The lowest BCUT2D eigenvalue weighted by atomic mass is 10.1. The lowest BCUT2D eigenvalue weighted by Crippen LogP contribution is -2.24. The van der Waals surface area contributed by atoms with Crippen LogP contribution in [0.2, 0.25) is 0 Å². The Morgan fingerprint density at radius 1 is 1.39 bits per heavy atom. The fraction of sp³-hybridized carbons (Fsp3) is 0.538. The first-order valence-corrected chi connectivity index (χ1v) is 7.83. The van der Waals surface area contributed by atoms with Gasteiger partial charge in [-0.15, -0.1) is 0 Å². The summed E-state index contributed by atoms with van der Waals surface area (Å²) >= 11 is 0. The summed E-state index contributed by atoms with van der Waals surface area (Å²) in [5, 5.41) is 3.32. The average molecular weight is 271 g/mol. The molecule has 1 N–H and O–H groups in total. The summed E-state index contributed by atoms with van der Waals surface area (Å²) in [6.45, 7) is 4.61. The van der Waals surface area contributed by atoms with Crippen LogP contribution in [0.4, 0.5) is 5.69 Å². The lowest BCUT2D eigenvalue weighted by Gasteiger charge is -2.19. The zero-order valence-electron chi connectivity index (χ0n) is 11.4. The molecule has 1 unspecified atom stereocenters. The molecular formula is C13H21NO3S. The molecule has 102 valence electrons. The molecule has 0 radical (unpaired) electrons. The molecule has 1 atom stereocenters. The number of aryl methyl sites for hydroxylation is 1. The molecule has 0 bridgehead atoms. The van der Waals surface area contributed by atoms with E-state index >= 15 is 0 Å². The monoisotopic (exact) mass is 271 g/mol. The van der Waals surface area contributed by atoms with Crippen molar-refractivity contribution in [1.82, 2.24) is 0 Å². The number of methoxy groups -OCH3 is 1. The zero-order valence-corrected chi connectivity index (χ0v) is 12.2. The van der Waals surface area contributed by atoms with E-state index in [4.69, 9.17) is 4.74 Å². The van der Waals surface area contributed by atoms with Crippen molar-refractivity contribution >= 4 is 15.5 Å². The van der Waals surface area contributed by atoms with Crippen LogP contribution in [0.15, 0.2) is 23.1 Å². The SMILES string of the molecule is CCC(COC)Nc1cc(S(C)(=O)=O)ccc1C. The standard InChI is InChI=1S/C13H21NO3S/c1-5-11(9-17-3)14-13-8-12(18(4,15)16)7-6-10(13)2/h6-8,11,14H,5,9H2,1-4H3. The molecule has 1 aromatic carbocycles. The van der Waals surface area contributed by atoms with Gasteiger partial charge in [-0.3, -0.25) is 0 Å². The topological polar surface area (TPSA) is 55.4 Å². The van der Waals surface area contributed by atoms with Crippen molar-refractivity contribution < 1.29 is 13.2 Å². The normalized spacial score (nSPS) is 13.3. The Labute approximate surface area is 109 Å². The van der Waals surface area contributed by atoms with Crippen LogP contribution in [0, 0.1) is 6.92 Å². The van der Waals surface area contributed by atoms with Gasteiger partial charge in [0.05, 0.1) is 11.5 Å². The van der Waals surface area contributed by atoms with Gasteiger partial charge in [-0.25, -0.2) is 8.42 Å². The Morgan fingerprint density at radius 2 is 2.06 bits per heavy atom. The highest BCUT2D eigenvalue weighted by atomic mass is 32.2. The van der Waals surface area contributed by atoms with E-state index in [0.29, 0.717) is 11.5 Å². The maximum absolute atomic E-state index is 11.5. The number of hydrogen-bond acceptors (Lipinski definition) is 4. The van der Waals surface area contributed by atoms with Gasteiger partial charge in [0, 0.05) is 25.1 Å². The van der Waals surface area contributed by atoms with Gasteiger partial charge in [-0.2, -0.15) is 0 Å². The fourth-order valence-electron chi connectivity index (χ4n) is 1.67. The number of hydrogen-bond donors (Lipinski definition) is 1. The highest BCUT2D eigenvalue weighted by Crippen LogP contribution is 2.21. The minimum Gasteiger partial charge on any atom is -0.383 e. The predicted octanol–water partition coefficient (Wildman–Crippen LogP) is 2.24. The molecule has 0 heterocycles. The number of sulfone groups is 1. The molecule has 0 amide bonds. The summed E-state index contributed by atoms with van der Waals surface area (Å²) in [6.07, 6.45) is 2.13. The number of nitrogens with one attached hydrogen (secondary N) is 1. The first-order valence-electron chi connectivity index (χ1n) is 5.94. The first kappa shape index (κ1) is 15.0. The molecular weight excluding hydrogens is 250 g/mol. The largest absolute Gasteiger partial charge is 0.383 e. The van der Waals surface area contributed by atoms with E-state index in [2.05, 4.69) is 12.2 Å². The predicted molar refractivity (Wildman–Crippen MR) is 73.9 cm³/mol. The van der Waals surface area contributed by atoms with Crippen molar-refractivity contribution in [3.8, 4) is 0 Å². The van der Waals surface area contributed by atoms with E-state index in [1.165, 1.54) is 6.26 Å². The van der Waals surface area contributed by atoms with Crippen LogP contribution in [0.25, 0.3) is 0 Å². The van der Waals surface area contributed by atoms with Crippen molar-refractivity contribution in [2.75, 3.05) is 25.3 Å². The highest BCUT2D eigenvalue weighted by molar-refractivity contribution is 7.90. The molecule has 0 saturated carbocycles. The van der Waals surface area contributed by atoms with Gasteiger partial charge in [0.25, 0.3) is 0 Å². The summed E-state index contributed by atoms with van der Waals surface area (Å²) in [4.78, 5) is 0.336. The Bertz CT molecular complexity index is 497. The Balaban J connectivity index is 3.01. The van der Waals surface area contributed by atoms with Crippen LogP contribution >= 0.6 is 0 Å². The average Bonchev–Trinajstić information content (AvgIpc) is 2.29. The summed E-state index contributed by atoms with van der Waals surface area (Å²) in [7, 11) is -1.51. The molecule has 0 aromatic heterocycles. The van der Waals surface area contributed by atoms with Gasteiger partial charge in [0.15, 0.2) is 9.84 Å². The van der Waals surface area contributed by atoms with Crippen LogP contribution in [0.1, 0.15) is 18.9 Å². The van der Waals surface area contributed by atoms with Gasteiger partial charge >= 0.3 is 0 Å². The summed E-state index contributed by atoms with van der Waals surface area (Å²) in [6, 6.07) is 5.32. The number of benzene rings is 1. The van der Waals surface area contributed by atoms with Gasteiger partial charge in [0.1, 0.15) is 0 Å². The van der Waals surface area contributed by atoms with E-state index in [1.807, 2.05) is 13.0 Å². The van der Waals surface area contributed by atoms with Crippen LogP contribution < -0.4 is 5.32 Å². The third-order valence-electron chi connectivity index (χ3n) is 2.86. The molecule has 1 rings (SSSR count). The molecule has 0 aliphatic carbocycles. The van der Waals surface area contributed by atoms with Gasteiger partial charge < -0.3 is 10.1 Å². The van der Waals surface area contributed by atoms with E-state index in [9.17, 15) is 8.42 Å². The van der Waals surface area contributed by atoms with E-state index in [0.717, 1.165) is 17.7 Å². The van der Waals surface area contributed by atoms with Crippen molar-refractivity contribution in [1.29, 1.82) is 0 Å². The molecule has 0 saturated heterocycles. The molecule has 5 heteroatoms. The van der Waals surface area contributed by atoms with Crippen LogP contribution in [-0.4, -0.2) is 34.4 Å². The third kappa shape index (κ3) is 3.99. The number of anilines is 1. The maximum atomic E-state index is 11.5. The molecule has 0 aliphatic heterocycles. The molecule has 18 heavy (non-hydrogen) atoms. The fourth-order valence-corrected chi connectivity index (χ4v) is 2.32. The number of rotatable bonds is 6. The molecule has 0 spiro atoms. The van der Waals surface area contributed by atoms with E-state index in [-0.39, 0.29) is 6.04 Å². The van der Waals surface area contributed by atoms with Crippen LogP contribution in [0.3, 0.4) is 0 Å². The second-order valence-electron chi connectivity index (χ2n) is 4.45. The lowest BCUT2D eigenvalue weighted by molar-refractivity contribution is 0.184. The number of ether oxygens (including phenoxy) is 1. The first-order chi connectivity index (χ1) is 8.38.